The van der Waals surface area contributed by atoms with Crippen molar-refractivity contribution in [2.75, 3.05) is 13.1 Å². The van der Waals surface area contributed by atoms with Crippen LogP contribution in [0.2, 0.25) is 5.15 Å². The number of hydrogen-bond acceptors (Lipinski definition) is 5. The first kappa shape index (κ1) is 22.7. The van der Waals surface area contributed by atoms with Crippen LogP contribution in [0.15, 0.2) is 42.6 Å². The van der Waals surface area contributed by atoms with Crippen LogP contribution in [0.1, 0.15) is 49.3 Å². The van der Waals surface area contributed by atoms with E-state index in [1.807, 2.05) is 24.3 Å². The van der Waals surface area contributed by atoms with Crippen molar-refractivity contribution in [3.05, 3.63) is 64.7 Å². The Hall–Kier alpha value is -2.06. The second-order valence-electron chi connectivity index (χ2n) is 9.63. The molecule has 0 bridgehead atoms. The Bertz CT molecular complexity index is 991. The SMILES string of the molecule is O=C(N[C@@H]1CCCN(Cc2ccccc2F)C1)C1CCC2NNC(c3ccnc(Cl)c3)C2C1. The molecule has 1 saturated carbocycles. The van der Waals surface area contributed by atoms with Crippen molar-refractivity contribution in [2.24, 2.45) is 11.8 Å². The zero-order chi connectivity index (χ0) is 22.8. The van der Waals surface area contributed by atoms with Crippen molar-refractivity contribution in [3.63, 3.8) is 0 Å². The molecule has 5 atom stereocenters. The van der Waals surface area contributed by atoms with Crippen LogP contribution in [-0.2, 0) is 11.3 Å². The van der Waals surface area contributed by atoms with Gasteiger partial charge in [-0.15, -0.1) is 0 Å². The molecule has 0 radical (unpaired) electrons. The number of pyridine rings is 1. The van der Waals surface area contributed by atoms with Crippen LogP contribution in [0.5, 0.6) is 0 Å². The summed E-state index contributed by atoms with van der Waals surface area (Å²) in [5.41, 5.74) is 8.65. The van der Waals surface area contributed by atoms with Gasteiger partial charge >= 0.3 is 0 Å². The predicted octanol–water partition coefficient (Wildman–Crippen LogP) is 3.59. The van der Waals surface area contributed by atoms with Gasteiger partial charge in [-0.25, -0.2) is 14.8 Å². The Morgan fingerprint density at radius 2 is 2.09 bits per heavy atom. The van der Waals surface area contributed by atoms with E-state index in [-0.39, 0.29) is 29.7 Å². The topological polar surface area (TPSA) is 69.3 Å². The summed E-state index contributed by atoms with van der Waals surface area (Å²) in [6.07, 6.45) is 6.40. The van der Waals surface area contributed by atoms with Crippen LogP contribution in [0, 0.1) is 17.7 Å². The summed E-state index contributed by atoms with van der Waals surface area (Å²) in [6, 6.07) is 11.4. The molecular formula is C25H31ClFN5O. The van der Waals surface area contributed by atoms with Gasteiger partial charge in [0.25, 0.3) is 0 Å². The van der Waals surface area contributed by atoms with Crippen LogP contribution in [0.4, 0.5) is 4.39 Å². The molecule has 4 unspecified atom stereocenters. The maximum absolute atomic E-state index is 14.1. The normalized spacial score (nSPS) is 30.1. The minimum atomic E-state index is -0.163. The number of nitrogens with zero attached hydrogens (tertiary/aromatic N) is 2. The zero-order valence-electron chi connectivity index (χ0n) is 18.6. The molecule has 2 aliphatic heterocycles. The second kappa shape index (κ2) is 10.1. The van der Waals surface area contributed by atoms with Gasteiger partial charge in [-0.2, -0.15) is 0 Å². The number of nitrogens with one attached hydrogen (secondary N) is 3. The van der Waals surface area contributed by atoms with E-state index < -0.39 is 0 Å². The number of carbonyl (C=O) groups excluding carboxylic acids is 1. The third-order valence-corrected chi connectivity index (χ3v) is 7.64. The first-order valence-corrected chi connectivity index (χ1v) is 12.3. The third kappa shape index (κ3) is 5.22. The first-order chi connectivity index (χ1) is 16.1. The number of amides is 1. The number of rotatable bonds is 5. The van der Waals surface area contributed by atoms with Gasteiger partial charge in [0.15, 0.2) is 0 Å². The molecule has 1 amide bonds. The molecule has 1 aromatic carbocycles. The lowest BCUT2D eigenvalue weighted by Gasteiger charge is -2.36. The molecule has 8 heteroatoms. The number of fused-ring (bicyclic) bond motifs is 1. The lowest BCUT2D eigenvalue weighted by molar-refractivity contribution is -0.127. The highest BCUT2D eigenvalue weighted by atomic mass is 35.5. The van der Waals surface area contributed by atoms with E-state index in [2.05, 4.69) is 26.1 Å². The lowest BCUT2D eigenvalue weighted by Crippen LogP contribution is -2.50. The van der Waals surface area contributed by atoms with Gasteiger partial charge < -0.3 is 5.32 Å². The van der Waals surface area contributed by atoms with Crippen LogP contribution in [0.3, 0.4) is 0 Å². The standard InChI is InChI=1S/C25H31ClFN5O/c26-23-13-16(9-10-28-23)24-20-12-17(7-8-22(20)30-31-24)25(33)29-19-5-3-11-32(15-19)14-18-4-1-2-6-21(18)27/h1-2,4,6,9-10,13,17,19-20,22,24,30-31H,3,5,7-8,11-12,14-15H2,(H,29,33)/t17?,19-,20?,22?,24?/m1/s1. The predicted molar refractivity (Wildman–Crippen MR) is 126 cm³/mol. The molecule has 1 aliphatic carbocycles. The van der Waals surface area contributed by atoms with Crippen LogP contribution < -0.4 is 16.2 Å². The molecule has 3 fully saturated rings. The average Bonchev–Trinajstić information content (AvgIpc) is 3.24. The average molecular weight is 472 g/mol. The Labute approximate surface area is 199 Å². The minimum absolute atomic E-state index is 0.00898. The highest BCUT2D eigenvalue weighted by Crippen LogP contribution is 2.40. The molecule has 176 valence electrons. The fraction of sp³-hybridized carbons (Fsp3) is 0.520. The molecule has 5 rings (SSSR count). The molecule has 0 spiro atoms. The fourth-order valence-electron chi connectivity index (χ4n) is 5.74. The number of carbonyl (C=O) groups is 1. The first-order valence-electron chi connectivity index (χ1n) is 12.0. The van der Waals surface area contributed by atoms with Crippen LogP contribution >= 0.6 is 11.6 Å². The van der Waals surface area contributed by atoms with Crippen molar-refractivity contribution in [2.45, 2.75) is 56.8 Å². The summed E-state index contributed by atoms with van der Waals surface area (Å²) in [5, 5.41) is 3.80. The van der Waals surface area contributed by atoms with E-state index in [0.717, 1.165) is 50.8 Å². The maximum atomic E-state index is 14.1. The van der Waals surface area contributed by atoms with Crippen molar-refractivity contribution in [3.8, 4) is 0 Å². The van der Waals surface area contributed by atoms with Gasteiger partial charge in [0.2, 0.25) is 5.91 Å². The van der Waals surface area contributed by atoms with Gasteiger partial charge in [0, 0.05) is 42.9 Å². The third-order valence-electron chi connectivity index (χ3n) is 7.44. The summed E-state index contributed by atoms with van der Waals surface area (Å²) < 4.78 is 14.1. The highest BCUT2D eigenvalue weighted by molar-refractivity contribution is 6.29. The second-order valence-corrected chi connectivity index (χ2v) is 10.0. The van der Waals surface area contributed by atoms with Gasteiger partial charge in [-0.3, -0.25) is 15.1 Å². The number of likely N-dealkylation sites (tertiary alicyclic amines) is 1. The molecule has 3 aliphatic rings. The lowest BCUT2D eigenvalue weighted by atomic mass is 9.74. The highest BCUT2D eigenvalue weighted by Gasteiger charge is 2.43. The number of hydrogen-bond donors (Lipinski definition) is 3. The fourth-order valence-corrected chi connectivity index (χ4v) is 5.92. The van der Waals surface area contributed by atoms with Gasteiger partial charge in [0.1, 0.15) is 11.0 Å². The Morgan fingerprint density at radius 1 is 1.21 bits per heavy atom. The molecule has 2 aromatic rings. The van der Waals surface area contributed by atoms with Gasteiger partial charge in [-0.05, 0) is 68.3 Å². The van der Waals surface area contributed by atoms with Gasteiger partial charge in [0.05, 0.1) is 6.04 Å². The largest absolute Gasteiger partial charge is 0.352 e. The van der Waals surface area contributed by atoms with Crippen molar-refractivity contribution < 1.29 is 9.18 Å². The Balaban J connectivity index is 1.18. The smallest absolute Gasteiger partial charge is 0.223 e. The Kier molecular flexibility index (Phi) is 6.92. The van der Waals surface area contributed by atoms with E-state index in [1.165, 1.54) is 6.07 Å². The number of piperidine rings is 1. The number of aromatic nitrogens is 1. The number of halogens is 2. The summed E-state index contributed by atoms with van der Waals surface area (Å²) in [7, 11) is 0. The minimum Gasteiger partial charge on any atom is -0.352 e. The van der Waals surface area contributed by atoms with E-state index in [4.69, 9.17) is 11.6 Å². The molecule has 33 heavy (non-hydrogen) atoms. The van der Waals surface area contributed by atoms with E-state index in [0.29, 0.717) is 29.2 Å². The maximum Gasteiger partial charge on any atom is 0.223 e. The monoisotopic (exact) mass is 471 g/mol. The zero-order valence-corrected chi connectivity index (χ0v) is 19.4. The van der Waals surface area contributed by atoms with E-state index >= 15 is 0 Å². The molecule has 2 saturated heterocycles. The van der Waals surface area contributed by atoms with Crippen LogP contribution in [0.25, 0.3) is 0 Å². The van der Waals surface area contributed by atoms with Crippen molar-refractivity contribution in [1.82, 2.24) is 26.1 Å². The summed E-state index contributed by atoms with van der Waals surface area (Å²) in [6.45, 7) is 2.28. The van der Waals surface area contributed by atoms with Crippen molar-refractivity contribution >= 4 is 17.5 Å². The van der Waals surface area contributed by atoms with Crippen molar-refractivity contribution in [1.29, 1.82) is 0 Å². The number of benzene rings is 1. The summed E-state index contributed by atoms with van der Waals surface area (Å²) >= 11 is 6.11. The molecule has 3 heterocycles. The Morgan fingerprint density at radius 3 is 2.94 bits per heavy atom. The summed E-state index contributed by atoms with van der Waals surface area (Å²) in [4.78, 5) is 19.5. The molecule has 1 aromatic heterocycles. The number of hydrazine groups is 1. The quantitative estimate of drug-likeness (QED) is 0.581. The van der Waals surface area contributed by atoms with E-state index in [1.54, 1.807) is 12.3 Å². The van der Waals surface area contributed by atoms with Crippen LogP contribution in [-0.4, -0.2) is 41.0 Å². The summed E-state index contributed by atoms with van der Waals surface area (Å²) in [5.74, 6) is 0.334. The van der Waals surface area contributed by atoms with E-state index in [9.17, 15) is 9.18 Å². The molecule has 6 nitrogen and oxygen atoms in total. The van der Waals surface area contributed by atoms with Gasteiger partial charge in [-0.1, -0.05) is 29.8 Å². The molecule has 3 N–H and O–H groups in total. The molecular weight excluding hydrogens is 441 g/mol.